The highest BCUT2D eigenvalue weighted by Gasteiger charge is 2.21. The number of aromatic nitrogens is 2. The number of unbranched alkanes of at least 4 members (excludes halogenated alkanes) is 1. The number of hydrogen-bond donors (Lipinski definition) is 1. The van der Waals surface area contributed by atoms with Gasteiger partial charge in [-0.2, -0.15) is 5.10 Å². The van der Waals surface area contributed by atoms with Gasteiger partial charge in [-0.15, -0.1) is 0 Å². The predicted octanol–water partition coefficient (Wildman–Crippen LogP) is 4.62. The Labute approximate surface area is 182 Å². The summed E-state index contributed by atoms with van der Waals surface area (Å²) in [5.74, 6) is 0.589. The molecule has 0 radical (unpaired) electrons. The average Bonchev–Trinajstić information content (AvgIpc) is 3.34. The molecule has 1 aromatic heterocycles. The standard InChI is InChI=1S/C25H29N3O3/c1-2-3-16-31-20-14-12-18(13-15-20)24(29)26-17-23-21-10-6-7-11-22(21)25(30)28(27-23)19-8-4-5-9-19/h6-7,10-15,19H,2-5,8-9,16-17H2,1H3,(H,26,29). The van der Waals surface area contributed by atoms with Gasteiger partial charge in [-0.05, 0) is 49.6 Å². The first-order valence-electron chi connectivity index (χ1n) is 11.2. The van der Waals surface area contributed by atoms with Crippen molar-refractivity contribution < 1.29 is 9.53 Å². The normalized spacial score (nSPS) is 14.1. The summed E-state index contributed by atoms with van der Waals surface area (Å²) in [7, 11) is 0. The first-order valence-corrected chi connectivity index (χ1v) is 11.2. The van der Waals surface area contributed by atoms with E-state index in [9.17, 15) is 9.59 Å². The third kappa shape index (κ3) is 4.79. The van der Waals surface area contributed by atoms with E-state index in [0.29, 0.717) is 17.6 Å². The lowest BCUT2D eigenvalue weighted by molar-refractivity contribution is 0.0950. The van der Waals surface area contributed by atoms with Crippen molar-refractivity contribution in [3.8, 4) is 5.75 Å². The molecule has 0 saturated heterocycles. The summed E-state index contributed by atoms with van der Waals surface area (Å²) in [6, 6.07) is 14.8. The Morgan fingerprint density at radius 3 is 2.52 bits per heavy atom. The molecule has 1 amide bonds. The largest absolute Gasteiger partial charge is 0.494 e. The molecule has 1 fully saturated rings. The summed E-state index contributed by atoms with van der Waals surface area (Å²) >= 11 is 0. The second kappa shape index (κ2) is 9.77. The van der Waals surface area contributed by atoms with E-state index in [2.05, 4.69) is 17.3 Å². The zero-order chi connectivity index (χ0) is 21.6. The minimum atomic E-state index is -0.176. The van der Waals surface area contributed by atoms with Crippen LogP contribution in [0.5, 0.6) is 5.75 Å². The first kappa shape index (κ1) is 21.1. The topological polar surface area (TPSA) is 73.2 Å². The lowest BCUT2D eigenvalue weighted by Gasteiger charge is -2.16. The van der Waals surface area contributed by atoms with E-state index in [1.165, 1.54) is 0 Å². The fourth-order valence-corrected chi connectivity index (χ4v) is 4.10. The molecule has 0 spiro atoms. The van der Waals surface area contributed by atoms with E-state index >= 15 is 0 Å². The van der Waals surface area contributed by atoms with E-state index in [1.807, 2.05) is 36.4 Å². The molecule has 0 bridgehead atoms. The van der Waals surface area contributed by atoms with Gasteiger partial charge in [0.1, 0.15) is 5.75 Å². The minimum absolute atomic E-state index is 0.0451. The van der Waals surface area contributed by atoms with Crippen LogP contribution in [0.25, 0.3) is 10.8 Å². The summed E-state index contributed by atoms with van der Waals surface area (Å²) in [4.78, 5) is 25.6. The molecule has 162 valence electrons. The molecule has 1 saturated carbocycles. The summed E-state index contributed by atoms with van der Waals surface area (Å²) in [6.07, 6.45) is 6.28. The lowest BCUT2D eigenvalue weighted by Crippen LogP contribution is -2.30. The van der Waals surface area contributed by atoms with Crippen LogP contribution < -0.4 is 15.6 Å². The van der Waals surface area contributed by atoms with Crippen molar-refractivity contribution in [2.24, 2.45) is 0 Å². The Bertz CT molecular complexity index is 1100. The SMILES string of the molecule is CCCCOc1ccc(C(=O)NCc2nn(C3CCCC3)c(=O)c3ccccc23)cc1. The molecule has 0 atom stereocenters. The second-order valence-corrected chi connectivity index (χ2v) is 8.09. The Morgan fingerprint density at radius 2 is 1.81 bits per heavy atom. The highest BCUT2D eigenvalue weighted by atomic mass is 16.5. The number of nitrogens with zero attached hydrogens (tertiary/aromatic N) is 2. The number of amides is 1. The highest BCUT2D eigenvalue weighted by molar-refractivity contribution is 5.94. The highest BCUT2D eigenvalue weighted by Crippen LogP contribution is 2.28. The van der Waals surface area contributed by atoms with Crippen LogP contribution in [-0.2, 0) is 6.54 Å². The number of carbonyl (C=O) groups is 1. The van der Waals surface area contributed by atoms with E-state index in [4.69, 9.17) is 4.74 Å². The van der Waals surface area contributed by atoms with Crippen LogP contribution in [0.15, 0.2) is 53.3 Å². The molecule has 0 unspecified atom stereocenters. The Kier molecular flexibility index (Phi) is 6.65. The van der Waals surface area contributed by atoms with Gasteiger partial charge in [-0.1, -0.05) is 44.4 Å². The maximum absolute atomic E-state index is 13.0. The second-order valence-electron chi connectivity index (χ2n) is 8.09. The van der Waals surface area contributed by atoms with Crippen molar-refractivity contribution in [1.29, 1.82) is 0 Å². The quantitative estimate of drug-likeness (QED) is 0.541. The van der Waals surface area contributed by atoms with Crippen LogP contribution in [-0.4, -0.2) is 22.3 Å². The predicted molar refractivity (Wildman–Crippen MR) is 122 cm³/mol. The maximum atomic E-state index is 13.0. The molecule has 4 rings (SSSR count). The maximum Gasteiger partial charge on any atom is 0.274 e. The zero-order valence-corrected chi connectivity index (χ0v) is 18.0. The minimum Gasteiger partial charge on any atom is -0.494 e. The van der Waals surface area contributed by atoms with Gasteiger partial charge in [0.05, 0.1) is 30.3 Å². The van der Waals surface area contributed by atoms with Crippen LogP contribution in [0.2, 0.25) is 0 Å². The van der Waals surface area contributed by atoms with Crippen LogP contribution >= 0.6 is 0 Å². The zero-order valence-electron chi connectivity index (χ0n) is 18.0. The van der Waals surface area contributed by atoms with Crippen LogP contribution in [0.1, 0.15) is 67.5 Å². The lowest BCUT2D eigenvalue weighted by atomic mass is 10.1. The molecule has 3 aromatic rings. The molecular weight excluding hydrogens is 390 g/mol. The fourth-order valence-electron chi connectivity index (χ4n) is 4.10. The van der Waals surface area contributed by atoms with E-state index in [-0.39, 0.29) is 24.1 Å². The molecule has 1 aliphatic carbocycles. The molecule has 6 nitrogen and oxygen atoms in total. The third-order valence-corrected chi connectivity index (χ3v) is 5.87. The number of nitrogens with one attached hydrogen (secondary N) is 1. The van der Waals surface area contributed by atoms with Crippen LogP contribution in [0.3, 0.4) is 0 Å². The molecule has 1 aliphatic rings. The third-order valence-electron chi connectivity index (χ3n) is 5.87. The van der Waals surface area contributed by atoms with Crippen molar-refractivity contribution >= 4 is 16.7 Å². The molecular formula is C25H29N3O3. The number of carbonyl (C=O) groups excluding carboxylic acids is 1. The van der Waals surface area contributed by atoms with Crippen molar-refractivity contribution in [2.45, 2.75) is 58.0 Å². The Morgan fingerprint density at radius 1 is 1.10 bits per heavy atom. The molecule has 6 heteroatoms. The van der Waals surface area contributed by atoms with Gasteiger partial charge in [0, 0.05) is 10.9 Å². The number of fused-ring (bicyclic) bond motifs is 1. The van der Waals surface area contributed by atoms with Crippen molar-refractivity contribution in [1.82, 2.24) is 15.1 Å². The summed E-state index contributed by atoms with van der Waals surface area (Å²) < 4.78 is 7.30. The number of benzene rings is 2. The molecule has 1 heterocycles. The van der Waals surface area contributed by atoms with E-state index in [1.54, 1.807) is 16.8 Å². The molecule has 31 heavy (non-hydrogen) atoms. The van der Waals surface area contributed by atoms with Gasteiger partial charge in [0.25, 0.3) is 11.5 Å². The number of rotatable bonds is 8. The van der Waals surface area contributed by atoms with Crippen molar-refractivity contribution in [3.05, 3.63) is 70.1 Å². The van der Waals surface area contributed by atoms with Gasteiger partial charge >= 0.3 is 0 Å². The fraction of sp³-hybridized carbons (Fsp3) is 0.400. The molecule has 0 aliphatic heterocycles. The summed E-state index contributed by atoms with van der Waals surface area (Å²) in [6.45, 7) is 3.06. The van der Waals surface area contributed by atoms with Gasteiger partial charge in [0.2, 0.25) is 0 Å². The monoisotopic (exact) mass is 419 g/mol. The van der Waals surface area contributed by atoms with Gasteiger partial charge < -0.3 is 10.1 Å². The van der Waals surface area contributed by atoms with Crippen molar-refractivity contribution in [2.75, 3.05) is 6.61 Å². The smallest absolute Gasteiger partial charge is 0.274 e. The first-order chi connectivity index (χ1) is 15.2. The summed E-state index contributed by atoms with van der Waals surface area (Å²) in [5.41, 5.74) is 1.24. The number of hydrogen-bond acceptors (Lipinski definition) is 4. The molecule has 1 N–H and O–H groups in total. The van der Waals surface area contributed by atoms with E-state index < -0.39 is 0 Å². The van der Waals surface area contributed by atoms with Gasteiger partial charge in [-0.25, -0.2) is 4.68 Å². The summed E-state index contributed by atoms with van der Waals surface area (Å²) in [5, 5.41) is 9.08. The Hall–Kier alpha value is -3.15. The van der Waals surface area contributed by atoms with Crippen LogP contribution in [0.4, 0.5) is 0 Å². The van der Waals surface area contributed by atoms with Gasteiger partial charge in [-0.3, -0.25) is 9.59 Å². The van der Waals surface area contributed by atoms with Gasteiger partial charge in [0.15, 0.2) is 0 Å². The average molecular weight is 420 g/mol. The van der Waals surface area contributed by atoms with E-state index in [0.717, 1.165) is 55.4 Å². The number of ether oxygens (including phenoxy) is 1. The van der Waals surface area contributed by atoms with Crippen molar-refractivity contribution in [3.63, 3.8) is 0 Å². The van der Waals surface area contributed by atoms with Crippen LogP contribution in [0, 0.1) is 0 Å². The Balaban J connectivity index is 1.51. The molecule has 2 aromatic carbocycles.